The van der Waals surface area contributed by atoms with E-state index in [0.717, 1.165) is 12.8 Å². The van der Waals surface area contributed by atoms with E-state index >= 15 is 0 Å². The lowest BCUT2D eigenvalue weighted by Crippen LogP contribution is -2.64. The predicted molar refractivity (Wildman–Crippen MR) is 64.4 cm³/mol. The van der Waals surface area contributed by atoms with E-state index in [9.17, 15) is 27.6 Å². The molecule has 1 fully saturated rings. The number of nitrogens with one attached hydrogen (secondary N) is 3. The molecule has 2 atom stereocenters. The summed E-state index contributed by atoms with van der Waals surface area (Å²) >= 11 is 0. The zero-order valence-corrected chi connectivity index (χ0v) is 11.4. The molecule has 0 aromatic carbocycles. The lowest BCUT2D eigenvalue weighted by Gasteiger charge is -2.29. The van der Waals surface area contributed by atoms with Crippen LogP contribution in [0.25, 0.3) is 0 Å². The number of hydrogen-bond donors (Lipinski definition) is 4. The van der Waals surface area contributed by atoms with Gasteiger partial charge in [-0.2, -0.15) is 13.2 Å². The van der Waals surface area contributed by atoms with Gasteiger partial charge >= 0.3 is 18.2 Å². The molecule has 0 radical (unpaired) electrons. The average Bonchev–Trinajstić information content (AvgIpc) is 3.10. The van der Waals surface area contributed by atoms with Gasteiger partial charge in [0, 0.05) is 6.04 Å². The first-order chi connectivity index (χ1) is 9.47. The third-order valence-corrected chi connectivity index (χ3v) is 3.02. The van der Waals surface area contributed by atoms with Crippen LogP contribution in [0.3, 0.4) is 0 Å². The first-order valence-corrected chi connectivity index (χ1v) is 6.16. The number of carboxylic acids is 1. The fraction of sp³-hybridized carbons (Fsp3) is 0.727. The van der Waals surface area contributed by atoms with Crippen LogP contribution < -0.4 is 16.0 Å². The number of rotatable bonds is 5. The maximum absolute atomic E-state index is 12.7. The minimum absolute atomic E-state index is 0.0317. The van der Waals surface area contributed by atoms with Crippen molar-refractivity contribution in [3.8, 4) is 0 Å². The van der Waals surface area contributed by atoms with E-state index in [1.54, 1.807) is 0 Å². The minimum Gasteiger partial charge on any atom is -0.479 e. The molecular weight excluding hydrogens is 295 g/mol. The van der Waals surface area contributed by atoms with Gasteiger partial charge in [0.25, 0.3) is 0 Å². The van der Waals surface area contributed by atoms with Crippen molar-refractivity contribution >= 4 is 17.9 Å². The molecule has 0 saturated heterocycles. The van der Waals surface area contributed by atoms with E-state index in [2.05, 4.69) is 5.32 Å². The lowest BCUT2D eigenvalue weighted by atomic mass is 10.0. The van der Waals surface area contributed by atoms with E-state index in [1.807, 2.05) is 5.32 Å². The molecule has 1 aliphatic rings. The largest absolute Gasteiger partial charge is 0.479 e. The first-order valence-electron chi connectivity index (χ1n) is 6.16. The zero-order chi connectivity index (χ0) is 16.4. The highest BCUT2D eigenvalue weighted by Crippen LogP contribution is 2.30. The van der Waals surface area contributed by atoms with Gasteiger partial charge in [0.15, 0.2) is 0 Å². The Balaban J connectivity index is 2.61. The van der Waals surface area contributed by atoms with Crippen LogP contribution in [0.1, 0.15) is 26.7 Å². The van der Waals surface area contributed by atoms with Crippen molar-refractivity contribution in [2.75, 3.05) is 0 Å². The number of hydrogen-bond acceptors (Lipinski definition) is 3. The van der Waals surface area contributed by atoms with Crippen molar-refractivity contribution in [2.24, 2.45) is 0 Å². The van der Waals surface area contributed by atoms with Gasteiger partial charge in [-0.3, -0.25) is 4.79 Å². The number of urea groups is 1. The monoisotopic (exact) mass is 311 g/mol. The summed E-state index contributed by atoms with van der Waals surface area (Å²) in [6, 6.07) is -2.45. The molecule has 10 heteroatoms. The highest BCUT2D eigenvalue weighted by molar-refractivity contribution is 5.90. The predicted octanol–water partition coefficient (Wildman–Crippen LogP) is 0.358. The SMILES string of the molecule is CC(NC(=O)NC(C)(C(=O)O)C(F)(F)F)C(=O)NC1CC1. The van der Waals surface area contributed by atoms with Crippen molar-refractivity contribution in [1.82, 2.24) is 16.0 Å². The maximum atomic E-state index is 12.7. The highest BCUT2D eigenvalue weighted by Gasteiger charge is 2.58. The van der Waals surface area contributed by atoms with Gasteiger partial charge in [-0.25, -0.2) is 9.59 Å². The number of alkyl halides is 3. The second-order valence-electron chi connectivity index (χ2n) is 5.03. The summed E-state index contributed by atoms with van der Waals surface area (Å²) in [6.07, 6.45) is -3.55. The first kappa shape index (κ1) is 17.1. The Kier molecular flexibility index (Phi) is 4.69. The second-order valence-corrected chi connectivity index (χ2v) is 5.03. The van der Waals surface area contributed by atoms with Crippen molar-refractivity contribution in [3.63, 3.8) is 0 Å². The van der Waals surface area contributed by atoms with E-state index in [-0.39, 0.29) is 6.04 Å². The van der Waals surface area contributed by atoms with Gasteiger partial charge in [-0.05, 0) is 26.7 Å². The lowest BCUT2D eigenvalue weighted by molar-refractivity contribution is -0.203. The molecule has 0 aromatic rings. The number of aliphatic carboxylic acids is 1. The summed E-state index contributed by atoms with van der Waals surface area (Å²) in [6.45, 7) is 1.60. The summed E-state index contributed by atoms with van der Waals surface area (Å²) in [5.74, 6) is -2.79. The number of halogens is 3. The quantitative estimate of drug-likeness (QED) is 0.588. The van der Waals surface area contributed by atoms with Crippen LogP contribution in [0.5, 0.6) is 0 Å². The van der Waals surface area contributed by atoms with Crippen LogP contribution >= 0.6 is 0 Å². The molecule has 0 aromatic heterocycles. The molecule has 3 amide bonds. The Labute approximate surface area is 118 Å². The van der Waals surface area contributed by atoms with Gasteiger partial charge in [0.1, 0.15) is 6.04 Å². The molecular formula is C11H16F3N3O4. The summed E-state index contributed by atoms with van der Waals surface area (Å²) in [5.41, 5.74) is -3.44. The molecule has 21 heavy (non-hydrogen) atoms. The molecule has 0 heterocycles. The van der Waals surface area contributed by atoms with Crippen molar-refractivity contribution in [3.05, 3.63) is 0 Å². The Hall–Kier alpha value is -2.00. The van der Waals surface area contributed by atoms with Gasteiger partial charge in [0.2, 0.25) is 11.4 Å². The molecule has 0 spiro atoms. The van der Waals surface area contributed by atoms with Crippen LogP contribution in [0.15, 0.2) is 0 Å². The van der Waals surface area contributed by atoms with E-state index in [1.165, 1.54) is 12.2 Å². The third-order valence-electron chi connectivity index (χ3n) is 3.02. The molecule has 1 rings (SSSR count). The molecule has 2 unspecified atom stereocenters. The molecule has 120 valence electrons. The maximum Gasteiger partial charge on any atom is 0.422 e. The van der Waals surface area contributed by atoms with Crippen LogP contribution in [0.2, 0.25) is 0 Å². The van der Waals surface area contributed by atoms with Crippen molar-refractivity contribution in [1.29, 1.82) is 0 Å². The summed E-state index contributed by atoms with van der Waals surface area (Å²) in [7, 11) is 0. The third kappa shape index (κ3) is 4.23. The Bertz CT molecular complexity index is 450. The van der Waals surface area contributed by atoms with Gasteiger partial charge in [0.05, 0.1) is 0 Å². The summed E-state index contributed by atoms with van der Waals surface area (Å²) < 4.78 is 38.1. The van der Waals surface area contributed by atoms with Crippen molar-refractivity contribution < 1.29 is 32.7 Å². The Morgan fingerprint density at radius 2 is 1.76 bits per heavy atom. The molecule has 1 aliphatic carbocycles. The second kappa shape index (κ2) is 5.78. The minimum atomic E-state index is -5.18. The highest BCUT2D eigenvalue weighted by atomic mass is 19.4. The van der Waals surface area contributed by atoms with Crippen LogP contribution in [-0.2, 0) is 9.59 Å². The molecule has 0 bridgehead atoms. The molecule has 7 nitrogen and oxygen atoms in total. The number of carbonyl (C=O) groups is 3. The number of amides is 3. The fourth-order valence-corrected chi connectivity index (χ4v) is 1.32. The normalized spacial score (nSPS) is 19.1. The topological polar surface area (TPSA) is 108 Å². The van der Waals surface area contributed by atoms with E-state index in [4.69, 9.17) is 5.11 Å². The van der Waals surface area contributed by atoms with E-state index in [0.29, 0.717) is 6.92 Å². The smallest absolute Gasteiger partial charge is 0.422 e. The van der Waals surface area contributed by atoms with Crippen molar-refractivity contribution in [2.45, 2.75) is 50.5 Å². The Morgan fingerprint density at radius 1 is 1.24 bits per heavy atom. The summed E-state index contributed by atoms with van der Waals surface area (Å²) in [4.78, 5) is 33.7. The fourth-order valence-electron chi connectivity index (χ4n) is 1.32. The van der Waals surface area contributed by atoms with E-state index < -0.39 is 35.7 Å². The number of carbonyl (C=O) groups excluding carboxylic acids is 2. The zero-order valence-electron chi connectivity index (χ0n) is 11.4. The molecule has 0 aliphatic heterocycles. The molecule has 4 N–H and O–H groups in total. The number of carboxylic acid groups (broad SMARTS) is 1. The van der Waals surface area contributed by atoms with Gasteiger partial charge < -0.3 is 21.1 Å². The van der Waals surface area contributed by atoms with Crippen LogP contribution in [0, 0.1) is 0 Å². The molecule has 1 saturated carbocycles. The van der Waals surface area contributed by atoms with Crippen LogP contribution in [-0.4, -0.2) is 46.8 Å². The Morgan fingerprint density at radius 3 is 2.14 bits per heavy atom. The average molecular weight is 311 g/mol. The standard InChI is InChI=1S/C11H16F3N3O4/c1-5(7(18)16-6-3-4-6)15-9(21)17-10(2,8(19)20)11(12,13)14/h5-6H,3-4H2,1-2H3,(H,16,18)(H,19,20)(H2,15,17,21). The van der Waals surface area contributed by atoms with Gasteiger partial charge in [-0.1, -0.05) is 0 Å². The van der Waals surface area contributed by atoms with Gasteiger partial charge in [-0.15, -0.1) is 0 Å². The summed E-state index contributed by atoms with van der Waals surface area (Å²) in [5, 5.41) is 14.5. The van der Waals surface area contributed by atoms with Crippen LogP contribution in [0.4, 0.5) is 18.0 Å².